The molecule has 1 aliphatic heterocycles. The summed E-state index contributed by atoms with van der Waals surface area (Å²) in [5.74, 6) is 0.856. The van der Waals surface area contributed by atoms with Gasteiger partial charge in [0.2, 0.25) is 0 Å². The van der Waals surface area contributed by atoms with Crippen molar-refractivity contribution in [2.75, 3.05) is 26.2 Å². The highest BCUT2D eigenvalue weighted by molar-refractivity contribution is 5.82. The average Bonchev–Trinajstić information content (AvgIpc) is 3.30. The fourth-order valence-electron chi connectivity index (χ4n) is 4.49. The van der Waals surface area contributed by atoms with Crippen molar-refractivity contribution in [1.82, 2.24) is 15.0 Å². The number of rotatable bonds is 4. The van der Waals surface area contributed by atoms with E-state index in [1.807, 2.05) is 13.0 Å². The Kier molecular flexibility index (Phi) is 4.53. The van der Waals surface area contributed by atoms with Crippen molar-refractivity contribution >= 4 is 11.0 Å². The van der Waals surface area contributed by atoms with Crippen molar-refractivity contribution in [2.45, 2.75) is 39.3 Å². The third-order valence-corrected chi connectivity index (χ3v) is 5.96. The maximum absolute atomic E-state index is 12.1. The summed E-state index contributed by atoms with van der Waals surface area (Å²) in [6, 6.07) is 8.01. The highest BCUT2D eigenvalue weighted by Crippen LogP contribution is 2.29. The smallest absolute Gasteiger partial charge is 0.336 e. The summed E-state index contributed by atoms with van der Waals surface area (Å²) >= 11 is 0. The van der Waals surface area contributed by atoms with E-state index in [9.17, 15) is 4.79 Å². The fraction of sp³-hybridized carbons (Fsp3) is 0.455. The van der Waals surface area contributed by atoms with Crippen LogP contribution in [0.5, 0.6) is 0 Å². The molecule has 0 saturated carbocycles. The van der Waals surface area contributed by atoms with Gasteiger partial charge in [-0.25, -0.2) is 4.79 Å². The molecule has 3 heterocycles. The SMILES string of the molecule is Cc1cc(CN2CCN(Cc3cc(=O)oc4cc5c(cc34)CCC5)CC2)no1. The number of fused-ring (bicyclic) bond motifs is 2. The Bertz CT molecular complexity index is 1060. The maximum Gasteiger partial charge on any atom is 0.336 e. The number of nitrogens with zero attached hydrogens (tertiary/aromatic N) is 3. The van der Waals surface area contributed by atoms with Gasteiger partial charge in [0.25, 0.3) is 0 Å². The molecular weight excluding hydrogens is 354 g/mol. The number of hydrogen-bond donors (Lipinski definition) is 0. The number of hydrogen-bond acceptors (Lipinski definition) is 6. The first kappa shape index (κ1) is 17.6. The van der Waals surface area contributed by atoms with E-state index in [0.717, 1.165) is 80.1 Å². The zero-order valence-corrected chi connectivity index (χ0v) is 16.2. The molecular formula is C22H25N3O3. The minimum absolute atomic E-state index is 0.250. The zero-order chi connectivity index (χ0) is 19.1. The minimum Gasteiger partial charge on any atom is -0.423 e. The molecule has 6 heteroatoms. The molecule has 2 aromatic heterocycles. The molecule has 1 aromatic carbocycles. The lowest BCUT2D eigenvalue weighted by molar-refractivity contribution is 0.120. The first-order valence-electron chi connectivity index (χ1n) is 10.1. The van der Waals surface area contributed by atoms with Crippen LogP contribution < -0.4 is 5.63 Å². The third kappa shape index (κ3) is 3.50. The molecule has 1 aliphatic carbocycles. The molecule has 146 valence electrons. The number of piperazine rings is 1. The fourth-order valence-corrected chi connectivity index (χ4v) is 4.49. The molecule has 0 atom stereocenters. The Hall–Kier alpha value is -2.44. The van der Waals surface area contributed by atoms with Gasteiger partial charge in [-0.2, -0.15) is 0 Å². The lowest BCUT2D eigenvalue weighted by Crippen LogP contribution is -2.45. The third-order valence-electron chi connectivity index (χ3n) is 5.96. The minimum atomic E-state index is -0.250. The van der Waals surface area contributed by atoms with Crippen LogP contribution >= 0.6 is 0 Å². The molecule has 6 nitrogen and oxygen atoms in total. The Morgan fingerprint density at radius 1 is 0.964 bits per heavy atom. The summed E-state index contributed by atoms with van der Waals surface area (Å²) < 4.78 is 10.7. The van der Waals surface area contributed by atoms with Crippen molar-refractivity contribution in [3.05, 3.63) is 62.8 Å². The van der Waals surface area contributed by atoms with Crippen molar-refractivity contribution in [3.63, 3.8) is 0 Å². The number of aromatic nitrogens is 1. The van der Waals surface area contributed by atoms with Crippen LogP contribution in [0.1, 0.15) is 34.6 Å². The molecule has 1 fully saturated rings. The average molecular weight is 379 g/mol. The first-order valence-corrected chi connectivity index (χ1v) is 10.1. The highest BCUT2D eigenvalue weighted by Gasteiger charge is 2.20. The number of aryl methyl sites for hydroxylation is 3. The van der Waals surface area contributed by atoms with Crippen LogP contribution in [0, 0.1) is 6.92 Å². The summed E-state index contributed by atoms with van der Waals surface area (Å²) in [6.07, 6.45) is 3.41. The largest absolute Gasteiger partial charge is 0.423 e. The van der Waals surface area contributed by atoms with Crippen molar-refractivity contribution in [1.29, 1.82) is 0 Å². The van der Waals surface area contributed by atoms with E-state index in [-0.39, 0.29) is 5.63 Å². The summed E-state index contributed by atoms with van der Waals surface area (Å²) in [6.45, 7) is 7.46. The molecule has 2 aliphatic rings. The van der Waals surface area contributed by atoms with E-state index < -0.39 is 0 Å². The Labute approximate surface area is 163 Å². The van der Waals surface area contributed by atoms with E-state index in [2.05, 4.69) is 27.1 Å². The Morgan fingerprint density at radius 3 is 2.39 bits per heavy atom. The van der Waals surface area contributed by atoms with Crippen LogP contribution in [0.4, 0.5) is 0 Å². The van der Waals surface area contributed by atoms with Crippen LogP contribution in [0.2, 0.25) is 0 Å². The molecule has 0 spiro atoms. The van der Waals surface area contributed by atoms with Gasteiger partial charge in [0.05, 0.1) is 5.69 Å². The predicted octanol–water partition coefficient (Wildman–Crippen LogP) is 2.90. The lowest BCUT2D eigenvalue weighted by Gasteiger charge is -2.34. The molecule has 28 heavy (non-hydrogen) atoms. The summed E-state index contributed by atoms with van der Waals surface area (Å²) in [5.41, 5.74) is 5.32. The van der Waals surface area contributed by atoms with E-state index in [1.165, 1.54) is 17.5 Å². The maximum atomic E-state index is 12.1. The molecule has 0 amide bonds. The van der Waals surface area contributed by atoms with Gasteiger partial charge in [0, 0.05) is 56.8 Å². The second-order valence-electron chi connectivity index (χ2n) is 8.04. The summed E-state index contributed by atoms with van der Waals surface area (Å²) in [7, 11) is 0. The van der Waals surface area contributed by atoms with Gasteiger partial charge in [0.15, 0.2) is 0 Å². The summed E-state index contributed by atoms with van der Waals surface area (Å²) in [5, 5.41) is 5.19. The Balaban J connectivity index is 1.30. The second kappa shape index (κ2) is 7.18. The summed E-state index contributed by atoms with van der Waals surface area (Å²) in [4.78, 5) is 16.9. The van der Waals surface area contributed by atoms with Gasteiger partial charge in [0.1, 0.15) is 11.3 Å². The van der Waals surface area contributed by atoms with Crippen LogP contribution in [0.25, 0.3) is 11.0 Å². The van der Waals surface area contributed by atoms with Gasteiger partial charge in [-0.15, -0.1) is 0 Å². The second-order valence-corrected chi connectivity index (χ2v) is 8.04. The molecule has 1 saturated heterocycles. The van der Waals surface area contributed by atoms with Crippen LogP contribution in [0.15, 0.2) is 38.0 Å². The molecule has 0 bridgehead atoms. The molecule has 3 aromatic rings. The van der Waals surface area contributed by atoms with Crippen molar-refractivity contribution < 1.29 is 8.94 Å². The van der Waals surface area contributed by atoms with Gasteiger partial charge in [-0.1, -0.05) is 5.16 Å². The van der Waals surface area contributed by atoms with Crippen molar-refractivity contribution in [3.8, 4) is 0 Å². The van der Waals surface area contributed by atoms with Gasteiger partial charge >= 0.3 is 5.63 Å². The van der Waals surface area contributed by atoms with Gasteiger partial charge < -0.3 is 8.94 Å². The van der Waals surface area contributed by atoms with Crippen LogP contribution in [0.3, 0.4) is 0 Å². The van der Waals surface area contributed by atoms with E-state index in [0.29, 0.717) is 0 Å². The standard InChI is InChI=1S/C22H25N3O3/c1-15-9-19(23-28-15)14-25-7-5-24(6-8-25)13-18-12-22(26)27-21-11-17-4-2-3-16(17)10-20(18)21/h9-12H,2-8,13-14H2,1H3. The van der Waals surface area contributed by atoms with Gasteiger partial charge in [-0.3, -0.25) is 9.80 Å². The van der Waals surface area contributed by atoms with Crippen molar-refractivity contribution in [2.24, 2.45) is 0 Å². The van der Waals surface area contributed by atoms with E-state index >= 15 is 0 Å². The lowest BCUT2D eigenvalue weighted by atomic mass is 10.0. The predicted molar refractivity (Wildman–Crippen MR) is 106 cm³/mol. The topological polar surface area (TPSA) is 62.7 Å². The molecule has 0 radical (unpaired) electrons. The zero-order valence-electron chi connectivity index (χ0n) is 16.2. The highest BCUT2D eigenvalue weighted by atomic mass is 16.5. The van der Waals surface area contributed by atoms with Crippen LogP contribution in [-0.4, -0.2) is 41.1 Å². The molecule has 5 rings (SSSR count). The van der Waals surface area contributed by atoms with Gasteiger partial charge in [-0.05, 0) is 55.0 Å². The number of benzene rings is 1. The van der Waals surface area contributed by atoms with E-state index in [4.69, 9.17) is 8.94 Å². The van der Waals surface area contributed by atoms with Crippen LogP contribution in [-0.2, 0) is 25.9 Å². The normalized spacial score (nSPS) is 18.0. The monoisotopic (exact) mass is 379 g/mol. The quantitative estimate of drug-likeness (QED) is 0.650. The molecule has 0 unspecified atom stereocenters. The van der Waals surface area contributed by atoms with E-state index in [1.54, 1.807) is 6.07 Å². The first-order chi connectivity index (χ1) is 13.6. The Morgan fingerprint density at radius 2 is 1.68 bits per heavy atom. The molecule has 0 N–H and O–H groups in total.